The van der Waals surface area contributed by atoms with Crippen molar-refractivity contribution in [3.05, 3.63) is 57.9 Å². The number of halogens is 4. The Kier molecular flexibility index (Phi) is 4.93. The van der Waals surface area contributed by atoms with E-state index in [1.807, 2.05) is 0 Å². The van der Waals surface area contributed by atoms with Gasteiger partial charge in [0.05, 0.1) is 10.7 Å². The Morgan fingerprint density at radius 2 is 1.78 bits per heavy atom. The van der Waals surface area contributed by atoms with Gasteiger partial charge >= 0.3 is 6.18 Å². The van der Waals surface area contributed by atoms with E-state index in [2.05, 4.69) is 0 Å². The predicted molar refractivity (Wildman–Crippen MR) is 80.0 cm³/mol. The summed E-state index contributed by atoms with van der Waals surface area (Å²) >= 11 is 0.580. The van der Waals surface area contributed by atoms with Crippen LogP contribution in [-0.4, -0.2) is 16.9 Å². The fourth-order valence-corrected chi connectivity index (χ4v) is 2.76. The Morgan fingerprint density at radius 1 is 1.17 bits per heavy atom. The van der Waals surface area contributed by atoms with Gasteiger partial charge in [-0.1, -0.05) is 0 Å². The third-order valence-electron chi connectivity index (χ3n) is 3.05. The Balaban J connectivity index is 2.36. The van der Waals surface area contributed by atoms with Gasteiger partial charge in [-0.3, -0.25) is 10.1 Å². The van der Waals surface area contributed by atoms with Crippen LogP contribution >= 0.6 is 11.8 Å². The summed E-state index contributed by atoms with van der Waals surface area (Å²) in [5.74, 6) is -1.66. The van der Waals surface area contributed by atoms with Crippen molar-refractivity contribution in [3.63, 3.8) is 0 Å². The van der Waals surface area contributed by atoms with Crippen molar-refractivity contribution in [2.24, 2.45) is 0 Å². The third kappa shape index (κ3) is 4.44. The monoisotopic (exact) mass is 345 g/mol. The highest BCUT2D eigenvalue weighted by atomic mass is 32.2. The summed E-state index contributed by atoms with van der Waals surface area (Å²) in [5.41, 5.74) is 0.729. The summed E-state index contributed by atoms with van der Waals surface area (Å²) in [7, 11) is 0. The van der Waals surface area contributed by atoms with E-state index in [0.29, 0.717) is 27.8 Å². The predicted octanol–water partition coefficient (Wildman–Crippen LogP) is 5.36. The molecule has 0 amide bonds. The minimum absolute atomic E-state index is 0.107. The molecule has 8 heteroatoms. The standard InChI is InChI=1S/C15H11F4NO2S/c1-9-6-13(16)12(7-14(9)23-8-15(17,18)19)10-2-4-11(5-3-10)20(21)22/h2-7H,8H2,1H3. The first-order valence-electron chi connectivity index (χ1n) is 6.42. The average molecular weight is 345 g/mol. The number of nitro benzene ring substituents is 1. The van der Waals surface area contributed by atoms with Crippen LogP contribution in [0.2, 0.25) is 0 Å². The Bertz CT molecular complexity index is 729. The number of hydrogen-bond acceptors (Lipinski definition) is 3. The molecule has 0 atom stereocenters. The number of hydrogen-bond donors (Lipinski definition) is 0. The molecule has 0 bridgehead atoms. The number of non-ortho nitro benzene ring substituents is 1. The van der Waals surface area contributed by atoms with Gasteiger partial charge in [0.25, 0.3) is 5.69 Å². The molecule has 0 radical (unpaired) electrons. The summed E-state index contributed by atoms with van der Waals surface area (Å²) in [5, 5.41) is 10.6. The van der Waals surface area contributed by atoms with E-state index >= 15 is 0 Å². The van der Waals surface area contributed by atoms with Crippen LogP contribution in [0.4, 0.5) is 23.2 Å². The van der Waals surface area contributed by atoms with Crippen molar-refractivity contribution in [2.45, 2.75) is 18.0 Å². The minimum Gasteiger partial charge on any atom is -0.258 e. The van der Waals surface area contributed by atoms with Crippen molar-refractivity contribution < 1.29 is 22.5 Å². The molecule has 0 N–H and O–H groups in total. The first-order valence-corrected chi connectivity index (χ1v) is 7.40. The Labute approximate surface area is 133 Å². The van der Waals surface area contributed by atoms with Gasteiger partial charge in [0.15, 0.2) is 0 Å². The fraction of sp³-hybridized carbons (Fsp3) is 0.200. The molecule has 0 aromatic heterocycles. The van der Waals surface area contributed by atoms with Gasteiger partial charge in [0.1, 0.15) is 5.82 Å². The first-order chi connectivity index (χ1) is 10.7. The largest absolute Gasteiger partial charge is 0.398 e. The molecule has 0 saturated carbocycles. The van der Waals surface area contributed by atoms with E-state index in [1.54, 1.807) is 0 Å². The van der Waals surface area contributed by atoms with Crippen molar-refractivity contribution in [1.29, 1.82) is 0 Å². The summed E-state index contributed by atoms with van der Waals surface area (Å²) in [6, 6.07) is 7.67. The number of rotatable bonds is 4. The van der Waals surface area contributed by atoms with E-state index in [9.17, 15) is 27.7 Å². The maximum absolute atomic E-state index is 14.1. The molecule has 0 unspecified atom stereocenters. The van der Waals surface area contributed by atoms with Crippen LogP contribution in [0.3, 0.4) is 0 Å². The first kappa shape index (κ1) is 17.3. The summed E-state index contributed by atoms with van der Waals surface area (Å²) in [6.45, 7) is 1.53. The molecule has 0 aliphatic carbocycles. The van der Waals surface area contributed by atoms with Gasteiger partial charge in [-0.2, -0.15) is 13.2 Å². The second-order valence-corrected chi connectivity index (χ2v) is 5.82. The molecule has 0 spiro atoms. The fourth-order valence-electron chi connectivity index (χ4n) is 1.95. The van der Waals surface area contributed by atoms with Crippen LogP contribution in [0.5, 0.6) is 0 Å². The van der Waals surface area contributed by atoms with Crippen molar-refractivity contribution in [3.8, 4) is 11.1 Å². The van der Waals surface area contributed by atoms with Crippen molar-refractivity contribution in [1.82, 2.24) is 0 Å². The van der Waals surface area contributed by atoms with E-state index in [0.717, 1.165) is 6.07 Å². The molecule has 0 aliphatic heterocycles. The van der Waals surface area contributed by atoms with Gasteiger partial charge in [-0.05, 0) is 42.3 Å². The SMILES string of the molecule is Cc1cc(F)c(-c2ccc([N+](=O)[O-])cc2)cc1SCC(F)(F)F. The Hall–Kier alpha value is -2.09. The molecule has 23 heavy (non-hydrogen) atoms. The lowest BCUT2D eigenvalue weighted by Crippen LogP contribution is -2.10. The highest BCUT2D eigenvalue weighted by Crippen LogP contribution is 2.34. The van der Waals surface area contributed by atoms with E-state index in [1.165, 1.54) is 37.3 Å². The lowest BCUT2D eigenvalue weighted by molar-refractivity contribution is -0.384. The average Bonchev–Trinajstić information content (AvgIpc) is 2.45. The molecule has 0 aliphatic rings. The van der Waals surface area contributed by atoms with E-state index in [4.69, 9.17) is 0 Å². The Morgan fingerprint density at radius 3 is 2.30 bits per heavy atom. The number of aryl methyl sites for hydroxylation is 1. The van der Waals surface area contributed by atoms with Gasteiger partial charge in [0.2, 0.25) is 0 Å². The second kappa shape index (κ2) is 6.57. The molecule has 2 aromatic rings. The van der Waals surface area contributed by atoms with Crippen LogP contribution < -0.4 is 0 Å². The number of nitro groups is 1. The molecule has 0 heterocycles. The number of alkyl halides is 3. The maximum atomic E-state index is 14.1. The number of thioether (sulfide) groups is 1. The van der Waals surface area contributed by atoms with Gasteiger partial charge in [-0.15, -0.1) is 11.8 Å². The van der Waals surface area contributed by atoms with Gasteiger partial charge in [-0.25, -0.2) is 4.39 Å². The van der Waals surface area contributed by atoms with Crippen LogP contribution in [-0.2, 0) is 0 Å². The summed E-state index contributed by atoms with van der Waals surface area (Å²) < 4.78 is 51.1. The molecule has 2 rings (SSSR count). The molecule has 3 nitrogen and oxygen atoms in total. The maximum Gasteiger partial charge on any atom is 0.398 e. The normalized spacial score (nSPS) is 11.5. The number of nitrogens with zero attached hydrogens (tertiary/aromatic N) is 1. The van der Waals surface area contributed by atoms with E-state index in [-0.39, 0.29) is 11.3 Å². The molecular formula is C15H11F4NO2S. The van der Waals surface area contributed by atoms with E-state index < -0.39 is 22.7 Å². The highest BCUT2D eigenvalue weighted by Gasteiger charge is 2.27. The van der Waals surface area contributed by atoms with Gasteiger partial charge in [0, 0.05) is 22.6 Å². The van der Waals surface area contributed by atoms with Crippen molar-refractivity contribution in [2.75, 3.05) is 5.75 Å². The molecular weight excluding hydrogens is 334 g/mol. The zero-order valence-electron chi connectivity index (χ0n) is 11.9. The van der Waals surface area contributed by atoms with Crippen LogP contribution in [0, 0.1) is 22.9 Å². The lowest BCUT2D eigenvalue weighted by atomic mass is 10.0. The quantitative estimate of drug-likeness (QED) is 0.324. The summed E-state index contributed by atoms with van der Waals surface area (Å²) in [6.07, 6.45) is -4.32. The smallest absolute Gasteiger partial charge is 0.258 e. The zero-order valence-corrected chi connectivity index (χ0v) is 12.7. The topological polar surface area (TPSA) is 43.1 Å². The number of benzene rings is 2. The molecule has 0 saturated heterocycles. The van der Waals surface area contributed by atoms with Gasteiger partial charge < -0.3 is 0 Å². The second-order valence-electron chi connectivity index (χ2n) is 4.81. The van der Waals surface area contributed by atoms with Crippen LogP contribution in [0.25, 0.3) is 11.1 Å². The summed E-state index contributed by atoms with van der Waals surface area (Å²) in [4.78, 5) is 10.3. The molecule has 0 fully saturated rings. The zero-order chi connectivity index (χ0) is 17.2. The van der Waals surface area contributed by atoms with Crippen LogP contribution in [0.1, 0.15) is 5.56 Å². The highest BCUT2D eigenvalue weighted by molar-refractivity contribution is 7.99. The van der Waals surface area contributed by atoms with Crippen LogP contribution in [0.15, 0.2) is 41.3 Å². The lowest BCUT2D eigenvalue weighted by Gasteiger charge is -2.11. The van der Waals surface area contributed by atoms with Crippen molar-refractivity contribution >= 4 is 17.4 Å². The molecule has 2 aromatic carbocycles. The third-order valence-corrected chi connectivity index (χ3v) is 4.27. The minimum atomic E-state index is -4.32. The molecule has 122 valence electrons.